The van der Waals surface area contributed by atoms with Crippen molar-refractivity contribution in [3.05, 3.63) is 48.6 Å². The van der Waals surface area contributed by atoms with Gasteiger partial charge in [-0.1, -0.05) is 127 Å². The Morgan fingerprint density at radius 3 is 1.15 bits per heavy atom. The van der Waals surface area contributed by atoms with Crippen molar-refractivity contribution >= 4 is 11.9 Å². The van der Waals surface area contributed by atoms with E-state index in [2.05, 4.69) is 62.5 Å². The molecule has 232 valence electrons. The molecule has 0 unspecified atom stereocenters. The molecule has 0 spiro atoms. The average molecular weight is 599 g/mol. The van der Waals surface area contributed by atoms with Gasteiger partial charge in [-0.2, -0.15) is 0 Å². The minimum Gasteiger partial charge on any atom is -0.550 e. The molecule has 0 bridgehead atoms. The van der Waals surface area contributed by atoms with E-state index in [1.54, 1.807) is 0 Å². The molecule has 0 saturated heterocycles. The largest absolute Gasteiger partial charge is 1.00 e. The van der Waals surface area contributed by atoms with Crippen molar-refractivity contribution in [1.82, 2.24) is 0 Å². The van der Waals surface area contributed by atoms with E-state index < -0.39 is 11.9 Å². The van der Waals surface area contributed by atoms with Gasteiger partial charge in [0.1, 0.15) is 0 Å². The maximum absolute atomic E-state index is 10.3. The van der Waals surface area contributed by atoms with E-state index >= 15 is 0 Å². The molecule has 0 aliphatic carbocycles. The predicted molar refractivity (Wildman–Crippen MR) is 171 cm³/mol. The second-order valence-corrected chi connectivity index (χ2v) is 10.7. The van der Waals surface area contributed by atoms with Gasteiger partial charge in [-0.15, -0.1) is 0 Å². The summed E-state index contributed by atoms with van der Waals surface area (Å²) in [6.45, 7) is 4.47. The fraction of sp³-hybridized carbons (Fsp3) is 0.722. The van der Waals surface area contributed by atoms with Crippen molar-refractivity contribution < 1.29 is 71.2 Å². The number of rotatable bonds is 28. The van der Waals surface area contributed by atoms with Gasteiger partial charge >= 0.3 is 57.4 Å². The minimum absolute atomic E-state index is 0. The molecule has 0 radical (unpaired) electrons. The van der Waals surface area contributed by atoms with Gasteiger partial charge in [0, 0.05) is 12.4 Å². The molecule has 1 N–H and O–H groups in total. The normalized spacial score (nSPS) is 11.4. The maximum Gasteiger partial charge on any atom is 1.00 e. The Balaban J connectivity index is -0.000000688. The van der Waals surface area contributed by atoms with Crippen molar-refractivity contribution in [2.75, 3.05) is 0 Å². The van der Waals surface area contributed by atoms with Gasteiger partial charge < -0.3 is 15.0 Å². The summed E-state index contributed by atoms with van der Waals surface area (Å²) in [5.74, 6) is -1.59. The molecule has 0 heterocycles. The molecule has 0 rings (SSSR count). The van der Waals surface area contributed by atoms with Crippen LogP contribution in [0.1, 0.15) is 168 Å². The quantitative estimate of drug-likeness (QED) is 0.0577. The molecule has 4 nitrogen and oxygen atoms in total. The third-order valence-electron chi connectivity index (χ3n) is 6.67. The van der Waals surface area contributed by atoms with Crippen LogP contribution in [0.3, 0.4) is 0 Å². The number of unbranched alkanes of at least 4 members (excludes halogenated alkanes) is 16. The Labute approximate surface area is 297 Å². The van der Waals surface area contributed by atoms with Gasteiger partial charge in [0.15, 0.2) is 0 Å². The Morgan fingerprint density at radius 2 is 0.805 bits per heavy atom. The Morgan fingerprint density at radius 1 is 0.488 bits per heavy atom. The van der Waals surface area contributed by atoms with Crippen LogP contribution >= 0.6 is 0 Å². The number of carboxylic acids is 2. The number of allylic oxidation sites excluding steroid dienone is 8. The van der Waals surface area contributed by atoms with Crippen molar-refractivity contribution in [2.45, 2.75) is 168 Å². The third-order valence-corrected chi connectivity index (χ3v) is 6.67. The van der Waals surface area contributed by atoms with Gasteiger partial charge in [-0.05, 0) is 83.5 Å². The number of hydrogen-bond donors (Lipinski definition) is 1. The van der Waals surface area contributed by atoms with E-state index in [1.165, 1.54) is 83.5 Å². The van der Waals surface area contributed by atoms with E-state index in [0.717, 1.165) is 57.8 Å². The van der Waals surface area contributed by atoms with Gasteiger partial charge in [-0.25, -0.2) is 0 Å². The molecule has 5 heteroatoms. The van der Waals surface area contributed by atoms with Crippen LogP contribution in [0.25, 0.3) is 0 Å². The molecule has 0 aliphatic rings. The standard InChI is InChI=1S/2C18H32O2.K/c2*1-2-3-4-5-6-7-8-9-10-11-12-13-14-15-16-17-18(19)20;/h2*6-7,9-10H,2-5,8,11-17H2,1H3,(H,19,20);/q;;+1/p-1/b2*7-6-,10-9-;. The van der Waals surface area contributed by atoms with Crippen LogP contribution in [0.15, 0.2) is 48.6 Å². The summed E-state index contributed by atoms with van der Waals surface area (Å²) in [7, 11) is 0. The monoisotopic (exact) mass is 598 g/mol. The van der Waals surface area contributed by atoms with Crippen LogP contribution in [0.4, 0.5) is 0 Å². The van der Waals surface area contributed by atoms with Crippen molar-refractivity contribution in [1.29, 1.82) is 0 Å². The number of carbonyl (C=O) groups excluding carboxylic acids is 1. The van der Waals surface area contributed by atoms with Crippen molar-refractivity contribution in [2.24, 2.45) is 0 Å². The fourth-order valence-corrected chi connectivity index (χ4v) is 4.17. The van der Waals surface area contributed by atoms with E-state index in [1.807, 2.05) is 0 Å². The summed E-state index contributed by atoms with van der Waals surface area (Å²) < 4.78 is 0. The number of carbonyl (C=O) groups is 2. The van der Waals surface area contributed by atoms with Gasteiger partial charge in [0.05, 0.1) is 0 Å². The number of carboxylic acid groups (broad SMARTS) is 2. The Bertz CT molecular complexity index is 596. The van der Waals surface area contributed by atoms with E-state index in [4.69, 9.17) is 5.11 Å². The Hall–Kier alpha value is -0.464. The van der Waals surface area contributed by atoms with Crippen molar-refractivity contribution in [3.8, 4) is 0 Å². The second-order valence-electron chi connectivity index (χ2n) is 10.7. The van der Waals surface area contributed by atoms with Gasteiger partial charge in [0.2, 0.25) is 0 Å². The summed E-state index contributed by atoms with van der Waals surface area (Å²) in [5.41, 5.74) is 0. The molecule has 0 aromatic rings. The molecular weight excluding hydrogens is 535 g/mol. The Kier molecular flexibility index (Phi) is 45.7. The molecule has 0 aromatic heterocycles. The molecule has 0 aliphatic heterocycles. The summed E-state index contributed by atoms with van der Waals surface area (Å²) in [5, 5.41) is 18.7. The molecule has 0 atom stereocenters. The van der Waals surface area contributed by atoms with Crippen LogP contribution < -0.4 is 56.5 Å². The molecule has 0 amide bonds. The van der Waals surface area contributed by atoms with E-state index in [0.29, 0.717) is 6.42 Å². The molecular formula is C36H63KO4. The zero-order valence-electron chi connectivity index (χ0n) is 27.3. The number of aliphatic carboxylic acids is 2. The molecule has 0 aromatic carbocycles. The predicted octanol–water partition coefficient (Wildman–Crippen LogP) is 7.44. The fourth-order valence-electron chi connectivity index (χ4n) is 4.17. The third kappa shape index (κ3) is 49.5. The average Bonchev–Trinajstić information content (AvgIpc) is 2.93. The summed E-state index contributed by atoms with van der Waals surface area (Å²) in [4.78, 5) is 20.5. The molecule has 0 fully saturated rings. The van der Waals surface area contributed by atoms with E-state index in [9.17, 15) is 14.7 Å². The topological polar surface area (TPSA) is 77.4 Å². The maximum atomic E-state index is 10.3. The van der Waals surface area contributed by atoms with Crippen LogP contribution in [-0.4, -0.2) is 17.0 Å². The minimum atomic E-state index is -0.921. The smallest absolute Gasteiger partial charge is 0.550 e. The summed E-state index contributed by atoms with van der Waals surface area (Å²) >= 11 is 0. The van der Waals surface area contributed by atoms with Crippen LogP contribution in [-0.2, 0) is 9.59 Å². The number of hydrogen-bond acceptors (Lipinski definition) is 3. The molecule has 0 saturated carbocycles. The van der Waals surface area contributed by atoms with Gasteiger partial charge in [-0.3, -0.25) is 4.79 Å². The second kappa shape index (κ2) is 41.7. The SMILES string of the molecule is CCCCC/C=C\C/C=C\CCCCCCCC(=O)O.CCCCC/C=C\C/C=C\CCCCCCCC(=O)[O-].[K+]. The van der Waals surface area contributed by atoms with Crippen LogP contribution in [0.2, 0.25) is 0 Å². The first-order valence-electron chi connectivity index (χ1n) is 16.6. The zero-order chi connectivity index (χ0) is 29.8. The van der Waals surface area contributed by atoms with Gasteiger partial charge in [0.25, 0.3) is 0 Å². The first-order valence-corrected chi connectivity index (χ1v) is 16.6. The first kappa shape index (κ1) is 45.0. The van der Waals surface area contributed by atoms with Crippen LogP contribution in [0, 0.1) is 0 Å². The summed E-state index contributed by atoms with van der Waals surface area (Å²) in [6, 6.07) is 0. The first-order chi connectivity index (χ1) is 19.5. The van der Waals surface area contributed by atoms with E-state index in [-0.39, 0.29) is 57.8 Å². The summed E-state index contributed by atoms with van der Waals surface area (Å²) in [6.07, 6.45) is 44.2. The van der Waals surface area contributed by atoms with Crippen LogP contribution in [0.5, 0.6) is 0 Å². The zero-order valence-corrected chi connectivity index (χ0v) is 30.4. The molecule has 41 heavy (non-hydrogen) atoms. The van der Waals surface area contributed by atoms with Crippen molar-refractivity contribution in [3.63, 3.8) is 0 Å².